The third-order valence-corrected chi connectivity index (χ3v) is 9.26. The first-order chi connectivity index (χ1) is 21.2. The zero-order chi connectivity index (χ0) is 30.6. The molecular weight excluding hydrogens is 573 g/mol. The number of ketones is 1. The molecule has 44 heavy (non-hydrogen) atoms. The van der Waals surface area contributed by atoms with Crippen molar-refractivity contribution in [3.8, 4) is 17.2 Å². The fourth-order valence-electron chi connectivity index (χ4n) is 6.73. The van der Waals surface area contributed by atoms with Crippen molar-refractivity contribution in [1.29, 1.82) is 0 Å². The van der Waals surface area contributed by atoms with Crippen molar-refractivity contribution < 1.29 is 32.2 Å². The summed E-state index contributed by atoms with van der Waals surface area (Å²) in [5.41, 5.74) is 1.30. The maximum absolute atomic E-state index is 14.1. The number of ether oxygens (including phenoxy) is 2. The van der Waals surface area contributed by atoms with Crippen molar-refractivity contribution in [2.24, 2.45) is 5.92 Å². The molecule has 1 saturated heterocycles. The van der Waals surface area contributed by atoms with Crippen LogP contribution < -0.4 is 14.8 Å². The molecule has 11 heteroatoms. The second-order valence-electron chi connectivity index (χ2n) is 12.0. The molecule has 0 bridgehead atoms. The number of hydrogen-bond acceptors (Lipinski definition) is 7. The Balaban J connectivity index is 1.03. The van der Waals surface area contributed by atoms with E-state index in [4.69, 9.17) is 9.47 Å². The average molecular weight is 607 g/mol. The number of Topliss-reactive ketones (excluding diaryl/α,β-unsaturated/α-hetero) is 1. The molecule has 1 aliphatic carbocycles. The molecule has 0 radical (unpaired) electrons. The topological polar surface area (TPSA) is 84.0 Å². The van der Waals surface area contributed by atoms with Crippen molar-refractivity contribution in [3.05, 3.63) is 76.5 Å². The third kappa shape index (κ3) is 5.54. The van der Waals surface area contributed by atoms with Crippen LogP contribution in [0.5, 0.6) is 17.2 Å². The summed E-state index contributed by atoms with van der Waals surface area (Å²) >= 11 is 0. The number of rotatable bonds is 8. The van der Waals surface area contributed by atoms with Crippen LogP contribution in [0.2, 0.25) is 0 Å². The van der Waals surface area contributed by atoms with Crippen molar-refractivity contribution >= 4 is 17.5 Å². The minimum absolute atomic E-state index is 0.0220. The summed E-state index contributed by atoms with van der Waals surface area (Å²) in [7, 11) is 0. The Kier molecular flexibility index (Phi) is 7.32. The van der Waals surface area contributed by atoms with Gasteiger partial charge in [0.05, 0.1) is 5.56 Å². The summed E-state index contributed by atoms with van der Waals surface area (Å²) in [4.78, 5) is 33.6. The number of nitrogens with zero attached hydrogens (tertiary/aromatic N) is 3. The van der Waals surface area contributed by atoms with E-state index in [0.29, 0.717) is 43.2 Å². The van der Waals surface area contributed by atoms with Gasteiger partial charge in [-0.3, -0.25) is 14.5 Å². The first kappa shape index (κ1) is 28.8. The van der Waals surface area contributed by atoms with E-state index in [1.165, 1.54) is 12.1 Å². The highest BCUT2D eigenvalue weighted by Gasteiger charge is 2.59. The Morgan fingerprint density at radius 3 is 2.64 bits per heavy atom. The molecule has 4 heterocycles. The molecule has 1 N–H and O–H groups in total. The fourth-order valence-corrected chi connectivity index (χ4v) is 6.73. The van der Waals surface area contributed by atoms with Gasteiger partial charge in [-0.15, -0.1) is 0 Å². The highest BCUT2D eigenvalue weighted by atomic mass is 19.4. The van der Waals surface area contributed by atoms with E-state index in [9.17, 15) is 22.8 Å². The van der Waals surface area contributed by atoms with Crippen molar-refractivity contribution in [3.63, 3.8) is 0 Å². The summed E-state index contributed by atoms with van der Waals surface area (Å²) in [6, 6.07) is 11.3. The predicted molar refractivity (Wildman–Crippen MR) is 156 cm³/mol. The molecular formula is C33H33F3N4O4. The van der Waals surface area contributed by atoms with Crippen LogP contribution in [0.1, 0.15) is 58.3 Å². The van der Waals surface area contributed by atoms with Crippen molar-refractivity contribution in [1.82, 2.24) is 14.8 Å². The number of hydrogen-bond donors (Lipinski definition) is 1. The van der Waals surface area contributed by atoms with Crippen LogP contribution in [0.4, 0.5) is 19.0 Å². The lowest BCUT2D eigenvalue weighted by Gasteiger charge is -2.34. The first-order valence-electron chi connectivity index (χ1n) is 15.1. The molecule has 1 saturated carbocycles. The van der Waals surface area contributed by atoms with Crippen LogP contribution in [0.3, 0.4) is 0 Å². The molecule has 1 aromatic heterocycles. The zero-order valence-electron chi connectivity index (χ0n) is 24.3. The summed E-state index contributed by atoms with van der Waals surface area (Å²) in [5, 5.41) is 2.77. The van der Waals surface area contributed by atoms with Crippen molar-refractivity contribution in [2.75, 3.05) is 38.0 Å². The van der Waals surface area contributed by atoms with Gasteiger partial charge >= 0.3 is 6.18 Å². The fraction of sp³-hybridized carbons (Fsp3) is 0.424. The van der Waals surface area contributed by atoms with Crippen LogP contribution in [-0.2, 0) is 23.9 Å². The van der Waals surface area contributed by atoms with Crippen LogP contribution in [0.15, 0.2) is 48.7 Å². The van der Waals surface area contributed by atoms with Gasteiger partial charge in [0.25, 0.3) is 0 Å². The van der Waals surface area contributed by atoms with Gasteiger partial charge in [-0.2, -0.15) is 13.2 Å². The van der Waals surface area contributed by atoms with Crippen LogP contribution in [0, 0.1) is 5.92 Å². The number of halogens is 3. The van der Waals surface area contributed by atoms with Crippen LogP contribution in [0.25, 0.3) is 0 Å². The van der Waals surface area contributed by atoms with Gasteiger partial charge in [0.2, 0.25) is 5.91 Å². The second kappa shape index (κ2) is 11.2. The van der Waals surface area contributed by atoms with E-state index < -0.39 is 11.7 Å². The van der Waals surface area contributed by atoms with E-state index in [1.54, 1.807) is 12.3 Å². The van der Waals surface area contributed by atoms with Crippen LogP contribution >= 0.6 is 0 Å². The van der Waals surface area contributed by atoms with Gasteiger partial charge in [0.15, 0.2) is 5.78 Å². The van der Waals surface area contributed by atoms with Gasteiger partial charge in [-0.1, -0.05) is 19.1 Å². The smallest absolute Gasteiger partial charge is 0.416 e. The number of piperazine rings is 1. The maximum atomic E-state index is 14.1. The van der Waals surface area contributed by atoms with E-state index in [1.807, 2.05) is 23.1 Å². The molecule has 1 amide bonds. The number of anilines is 1. The van der Waals surface area contributed by atoms with Gasteiger partial charge in [-0.25, -0.2) is 4.98 Å². The monoisotopic (exact) mass is 606 g/mol. The SMILES string of the molecule is CCN1CCN(Cc2ccc(C(=O)C[C@@H]3[C@H]4Oc5ccc(Oc6ccnc7c6CCC(=O)N7)cc5[C@@H]34)cc2C(F)(F)F)CC1. The highest BCUT2D eigenvalue weighted by molar-refractivity contribution is 5.97. The number of benzene rings is 2. The maximum Gasteiger partial charge on any atom is 0.416 e. The van der Waals surface area contributed by atoms with E-state index in [0.717, 1.165) is 42.6 Å². The second-order valence-corrected chi connectivity index (χ2v) is 12.0. The molecule has 3 aromatic rings. The summed E-state index contributed by atoms with van der Waals surface area (Å²) in [5.74, 6) is 1.90. The molecule has 4 aliphatic rings. The Labute approximate surface area is 253 Å². The molecule has 3 atom stereocenters. The lowest BCUT2D eigenvalue weighted by molar-refractivity contribution is -0.138. The first-order valence-corrected chi connectivity index (χ1v) is 15.1. The third-order valence-electron chi connectivity index (χ3n) is 9.26. The number of amides is 1. The number of aromatic nitrogens is 1. The molecule has 0 unspecified atom stereocenters. The zero-order valence-corrected chi connectivity index (χ0v) is 24.3. The number of likely N-dealkylation sites (N-methyl/N-ethyl adjacent to an activating group) is 1. The van der Waals surface area contributed by atoms with Crippen LogP contribution in [-0.4, -0.2) is 65.3 Å². The predicted octanol–water partition coefficient (Wildman–Crippen LogP) is 5.66. The molecule has 0 spiro atoms. The normalized spacial score (nSPS) is 22.8. The molecule has 8 nitrogen and oxygen atoms in total. The van der Waals surface area contributed by atoms with Crippen molar-refractivity contribution in [2.45, 2.75) is 50.9 Å². The number of fused-ring (bicyclic) bond motifs is 4. The molecule has 2 fully saturated rings. The number of carbonyl (C=O) groups is 2. The Hall–Kier alpha value is -3.96. The quantitative estimate of drug-likeness (QED) is 0.331. The molecule has 7 rings (SSSR count). The largest absolute Gasteiger partial charge is 0.489 e. The van der Waals surface area contributed by atoms with Gasteiger partial charge in [0, 0.05) is 80.3 Å². The minimum atomic E-state index is -4.55. The van der Waals surface area contributed by atoms with Gasteiger partial charge in [-0.05, 0) is 48.9 Å². The summed E-state index contributed by atoms with van der Waals surface area (Å²) < 4.78 is 54.6. The van der Waals surface area contributed by atoms with E-state index >= 15 is 0 Å². The standard InChI is InChI=1S/C33H33F3N4O4/c1-2-39-11-13-40(14-12-39)18-20-4-3-19(15-25(20)33(34,35)36)26(41)17-24-30-23-16-21(5-7-27(23)44-31(24)30)43-28-9-10-37-32-22(28)6-8-29(42)38-32/h3-5,7,9-10,15-16,24,30-31H,2,6,8,11-14,17-18H2,1H3,(H,37,38,42)/t24-,30-,31+/m0/s1. The highest BCUT2D eigenvalue weighted by Crippen LogP contribution is 2.60. The number of nitrogens with one attached hydrogen (secondary N) is 1. The van der Waals surface area contributed by atoms with Gasteiger partial charge < -0.3 is 19.7 Å². The number of carbonyl (C=O) groups excluding carboxylic acids is 2. The lowest BCUT2D eigenvalue weighted by atomic mass is 9.97. The Bertz CT molecular complexity index is 1620. The lowest BCUT2D eigenvalue weighted by Crippen LogP contribution is -2.45. The van der Waals surface area contributed by atoms with E-state index in [-0.39, 0.29) is 53.7 Å². The Morgan fingerprint density at radius 2 is 1.86 bits per heavy atom. The summed E-state index contributed by atoms with van der Waals surface area (Å²) in [6.07, 6.45) is -2.16. The number of alkyl halides is 3. The summed E-state index contributed by atoms with van der Waals surface area (Å²) in [6.45, 7) is 6.32. The molecule has 2 aromatic carbocycles. The molecule has 230 valence electrons. The molecule has 3 aliphatic heterocycles. The van der Waals surface area contributed by atoms with Gasteiger partial charge in [0.1, 0.15) is 29.2 Å². The van der Waals surface area contributed by atoms with E-state index in [2.05, 4.69) is 22.1 Å². The number of pyridine rings is 1. The average Bonchev–Trinajstić information content (AvgIpc) is 3.53. The Morgan fingerprint density at radius 1 is 1.07 bits per heavy atom. The minimum Gasteiger partial charge on any atom is -0.489 e.